The summed E-state index contributed by atoms with van der Waals surface area (Å²) in [6.07, 6.45) is 12.6. The van der Waals surface area contributed by atoms with E-state index in [2.05, 4.69) is 21.8 Å². The summed E-state index contributed by atoms with van der Waals surface area (Å²) in [5.41, 5.74) is 1.23. The van der Waals surface area contributed by atoms with Crippen LogP contribution in [0.25, 0.3) is 0 Å². The zero-order chi connectivity index (χ0) is 13.8. The van der Waals surface area contributed by atoms with E-state index < -0.39 is 0 Å². The number of likely N-dealkylation sites (tertiary alicyclic amines) is 1. The SMILES string of the molecule is ClCCC1CCCCN1Cc1ccn(C2CCCC2)n1. The average Bonchev–Trinajstić information content (AvgIpc) is 3.12. The highest BCUT2D eigenvalue weighted by Gasteiger charge is 2.23. The van der Waals surface area contributed by atoms with E-state index in [0.717, 1.165) is 18.8 Å². The van der Waals surface area contributed by atoms with Crippen molar-refractivity contribution in [1.82, 2.24) is 14.7 Å². The molecule has 1 aliphatic carbocycles. The minimum absolute atomic E-state index is 0.656. The van der Waals surface area contributed by atoms with Gasteiger partial charge in [0, 0.05) is 24.7 Å². The molecule has 2 heterocycles. The maximum Gasteiger partial charge on any atom is 0.0765 e. The Balaban J connectivity index is 1.61. The highest BCUT2D eigenvalue weighted by Crippen LogP contribution is 2.29. The number of halogens is 1. The number of hydrogen-bond acceptors (Lipinski definition) is 2. The first-order valence-electron chi connectivity index (χ1n) is 8.21. The van der Waals surface area contributed by atoms with Crippen LogP contribution in [0.1, 0.15) is 63.1 Å². The van der Waals surface area contributed by atoms with Gasteiger partial charge in [-0.1, -0.05) is 19.3 Å². The molecule has 2 aliphatic rings. The van der Waals surface area contributed by atoms with E-state index in [4.69, 9.17) is 16.7 Å². The van der Waals surface area contributed by atoms with Crippen molar-refractivity contribution in [2.45, 2.75) is 70.0 Å². The zero-order valence-corrected chi connectivity index (χ0v) is 13.1. The Morgan fingerprint density at radius 1 is 1.15 bits per heavy atom. The molecule has 0 spiro atoms. The summed E-state index contributed by atoms with van der Waals surface area (Å²) >= 11 is 5.95. The summed E-state index contributed by atoms with van der Waals surface area (Å²) in [4.78, 5) is 2.59. The summed E-state index contributed by atoms with van der Waals surface area (Å²) < 4.78 is 2.21. The number of aromatic nitrogens is 2. The van der Waals surface area contributed by atoms with E-state index in [9.17, 15) is 0 Å². The van der Waals surface area contributed by atoms with Crippen LogP contribution in [0, 0.1) is 0 Å². The summed E-state index contributed by atoms with van der Waals surface area (Å²) in [6.45, 7) is 2.21. The van der Waals surface area contributed by atoms with E-state index in [1.807, 2.05) is 0 Å². The molecule has 1 saturated heterocycles. The van der Waals surface area contributed by atoms with Crippen molar-refractivity contribution in [1.29, 1.82) is 0 Å². The van der Waals surface area contributed by atoms with Gasteiger partial charge >= 0.3 is 0 Å². The largest absolute Gasteiger partial charge is 0.294 e. The molecule has 1 unspecified atom stereocenters. The number of piperidine rings is 1. The van der Waals surface area contributed by atoms with Gasteiger partial charge in [0.15, 0.2) is 0 Å². The Kier molecular flexibility index (Phi) is 5.00. The Labute approximate surface area is 127 Å². The zero-order valence-electron chi connectivity index (χ0n) is 12.3. The fourth-order valence-corrected chi connectivity index (χ4v) is 4.01. The Hall–Kier alpha value is -0.540. The molecule has 1 saturated carbocycles. The molecule has 1 aromatic rings. The molecular weight excluding hydrogens is 270 g/mol. The molecular formula is C16H26ClN3. The summed E-state index contributed by atoms with van der Waals surface area (Å²) in [7, 11) is 0. The van der Waals surface area contributed by atoms with Gasteiger partial charge in [0.2, 0.25) is 0 Å². The van der Waals surface area contributed by atoms with E-state index in [-0.39, 0.29) is 0 Å². The van der Waals surface area contributed by atoms with Gasteiger partial charge in [-0.25, -0.2) is 0 Å². The highest BCUT2D eigenvalue weighted by molar-refractivity contribution is 6.17. The Morgan fingerprint density at radius 2 is 1.95 bits per heavy atom. The van der Waals surface area contributed by atoms with Gasteiger partial charge in [-0.15, -0.1) is 11.6 Å². The second-order valence-electron chi connectivity index (χ2n) is 6.32. The third-order valence-corrected chi connectivity index (χ3v) is 5.14. The monoisotopic (exact) mass is 295 g/mol. The maximum atomic E-state index is 5.95. The van der Waals surface area contributed by atoms with Crippen molar-refractivity contribution in [3.05, 3.63) is 18.0 Å². The number of alkyl halides is 1. The minimum Gasteiger partial charge on any atom is -0.294 e. The minimum atomic E-state index is 0.656. The second-order valence-corrected chi connectivity index (χ2v) is 6.70. The van der Waals surface area contributed by atoms with Gasteiger partial charge in [-0.05, 0) is 44.7 Å². The Bertz CT molecular complexity index is 410. The van der Waals surface area contributed by atoms with Crippen LogP contribution in [0.3, 0.4) is 0 Å². The lowest BCUT2D eigenvalue weighted by atomic mass is 10.00. The van der Waals surface area contributed by atoms with Crippen molar-refractivity contribution in [3.8, 4) is 0 Å². The first-order chi connectivity index (χ1) is 9.86. The number of hydrogen-bond donors (Lipinski definition) is 0. The van der Waals surface area contributed by atoms with Crippen molar-refractivity contribution >= 4 is 11.6 Å². The molecule has 112 valence electrons. The topological polar surface area (TPSA) is 21.1 Å². The molecule has 0 bridgehead atoms. The van der Waals surface area contributed by atoms with Crippen molar-refractivity contribution in [3.63, 3.8) is 0 Å². The molecule has 20 heavy (non-hydrogen) atoms. The summed E-state index contributed by atoms with van der Waals surface area (Å²) in [6, 6.07) is 3.53. The van der Waals surface area contributed by atoms with Gasteiger partial charge in [0.1, 0.15) is 0 Å². The lowest BCUT2D eigenvalue weighted by Crippen LogP contribution is -2.39. The lowest BCUT2D eigenvalue weighted by Gasteiger charge is -2.35. The quantitative estimate of drug-likeness (QED) is 0.766. The normalized spacial score (nSPS) is 25.4. The smallest absolute Gasteiger partial charge is 0.0765 e. The van der Waals surface area contributed by atoms with Crippen LogP contribution < -0.4 is 0 Å². The molecule has 0 amide bonds. The predicted molar refractivity (Wildman–Crippen MR) is 83.1 cm³/mol. The lowest BCUT2D eigenvalue weighted by molar-refractivity contribution is 0.134. The van der Waals surface area contributed by atoms with Gasteiger partial charge in [-0.2, -0.15) is 5.10 Å². The third-order valence-electron chi connectivity index (χ3n) is 4.92. The van der Waals surface area contributed by atoms with Crippen LogP contribution in [0.2, 0.25) is 0 Å². The van der Waals surface area contributed by atoms with Crippen LogP contribution in [0.15, 0.2) is 12.3 Å². The number of nitrogens with zero attached hydrogens (tertiary/aromatic N) is 3. The molecule has 4 heteroatoms. The van der Waals surface area contributed by atoms with Gasteiger partial charge < -0.3 is 0 Å². The molecule has 2 fully saturated rings. The van der Waals surface area contributed by atoms with Crippen molar-refractivity contribution in [2.24, 2.45) is 0 Å². The van der Waals surface area contributed by atoms with Crippen LogP contribution in [-0.2, 0) is 6.54 Å². The van der Waals surface area contributed by atoms with Crippen molar-refractivity contribution < 1.29 is 0 Å². The first-order valence-corrected chi connectivity index (χ1v) is 8.74. The molecule has 0 radical (unpaired) electrons. The molecule has 1 aromatic heterocycles. The van der Waals surface area contributed by atoms with Gasteiger partial charge in [0.25, 0.3) is 0 Å². The predicted octanol–water partition coefficient (Wildman–Crippen LogP) is 3.98. The van der Waals surface area contributed by atoms with Crippen LogP contribution in [0.5, 0.6) is 0 Å². The van der Waals surface area contributed by atoms with Crippen LogP contribution in [-0.4, -0.2) is 33.1 Å². The summed E-state index contributed by atoms with van der Waals surface area (Å²) in [5, 5.41) is 4.82. The standard InChI is InChI=1S/C16H26ClN3/c17-10-8-15-5-3-4-11-19(15)13-14-9-12-20(18-14)16-6-1-2-7-16/h9,12,15-16H,1-8,10-11,13H2. The molecule has 0 N–H and O–H groups in total. The van der Waals surface area contributed by atoms with Crippen LogP contribution in [0.4, 0.5) is 0 Å². The molecule has 1 atom stereocenters. The fourth-order valence-electron chi connectivity index (χ4n) is 3.76. The van der Waals surface area contributed by atoms with Crippen LogP contribution >= 0.6 is 11.6 Å². The maximum absolute atomic E-state index is 5.95. The fraction of sp³-hybridized carbons (Fsp3) is 0.812. The number of rotatable bonds is 5. The first kappa shape index (κ1) is 14.4. The highest BCUT2D eigenvalue weighted by atomic mass is 35.5. The van der Waals surface area contributed by atoms with Gasteiger partial charge in [-0.3, -0.25) is 9.58 Å². The van der Waals surface area contributed by atoms with E-state index in [0.29, 0.717) is 12.1 Å². The third kappa shape index (κ3) is 3.37. The Morgan fingerprint density at radius 3 is 2.75 bits per heavy atom. The molecule has 1 aliphatic heterocycles. The molecule has 0 aromatic carbocycles. The average molecular weight is 296 g/mol. The second kappa shape index (κ2) is 6.95. The molecule has 3 nitrogen and oxygen atoms in total. The van der Waals surface area contributed by atoms with Gasteiger partial charge in [0.05, 0.1) is 11.7 Å². The van der Waals surface area contributed by atoms with E-state index >= 15 is 0 Å². The van der Waals surface area contributed by atoms with E-state index in [1.54, 1.807) is 0 Å². The van der Waals surface area contributed by atoms with E-state index in [1.165, 1.54) is 57.2 Å². The summed E-state index contributed by atoms with van der Waals surface area (Å²) in [5.74, 6) is 0.775. The molecule has 3 rings (SSSR count). The van der Waals surface area contributed by atoms with Crippen molar-refractivity contribution in [2.75, 3.05) is 12.4 Å².